The van der Waals surface area contributed by atoms with Crippen molar-refractivity contribution >= 4 is 11.5 Å². The van der Waals surface area contributed by atoms with Gasteiger partial charge in [0.15, 0.2) is 5.78 Å². The molecule has 0 spiro atoms. The number of carbonyl (C=O) groups is 1. The van der Waals surface area contributed by atoms with Crippen LogP contribution in [0.5, 0.6) is 5.75 Å². The minimum absolute atomic E-state index is 0.0267. The fourth-order valence-corrected chi connectivity index (χ4v) is 2.03. The Labute approximate surface area is 130 Å². The van der Waals surface area contributed by atoms with Gasteiger partial charge in [-0.3, -0.25) is 4.79 Å². The second kappa shape index (κ2) is 7.28. The van der Waals surface area contributed by atoms with Crippen LogP contribution in [0.2, 0.25) is 0 Å². The molecule has 4 nitrogen and oxygen atoms in total. The van der Waals surface area contributed by atoms with Crippen LogP contribution in [0.1, 0.15) is 29.8 Å². The molecule has 2 aromatic rings. The van der Waals surface area contributed by atoms with E-state index in [0.717, 1.165) is 5.75 Å². The highest BCUT2D eigenvalue weighted by Crippen LogP contribution is 2.18. The van der Waals surface area contributed by atoms with Crippen LogP contribution >= 0.6 is 0 Å². The summed E-state index contributed by atoms with van der Waals surface area (Å²) < 4.78 is 5.77. The summed E-state index contributed by atoms with van der Waals surface area (Å²) in [6.45, 7) is 3.98. The quantitative estimate of drug-likeness (QED) is 0.826. The number of hydrogen-bond donors (Lipinski definition) is 1. The molecule has 0 aliphatic heterocycles. The first kappa shape index (κ1) is 15.6. The van der Waals surface area contributed by atoms with Crippen LogP contribution in [0.3, 0.4) is 0 Å². The van der Waals surface area contributed by atoms with Crippen molar-refractivity contribution in [1.82, 2.24) is 0 Å². The number of para-hydroxylation sites is 1. The zero-order chi connectivity index (χ0) is 15.9. The number of benzene rings is 2. The van der Waals surface area contributed by atoms with Crippen LogP contribution in [-0.2, 0) is 0 Å². The van der Waals surface area contributed by atoms with Gasteiger partial charge >= 0.3 is 0 Å². The van der Waals surface area contributed by atoms with Gasteiger partial charge in [-0.25, -0.2) is 0 Å². The molecule has 1 unspecified atom stereocenters. The molecule has 0 heterocycles. The molecule has 2 rings (SSSR count). The zero-order valence-electron chi connectivity index (χ0n) is 12.7. The molecule has 0 saturated carbocycles. The van der Waals surface area contributed by atoms with E-state index in [1.165, 1.54) is 6.92 Å². The molecule has 0 aromatic heterocycles. The van der Waals surface area contributed by atoms with Crippen molar-refractivity contribution in [2.45, 2.75) is 20.0 Å². The van der Waals surface area contributed by atoms with Crippen molar-refractivity contribution in [3.8, 4) is 11.8 Å². The number of nitrogens with zero attached hydrogens (tertiary/aromatic N) is 1. The number of hydrogen-bond acceptors (Lipinski definition) is 4. The summed E-state index contributed by atoms with van der Waals surface area (Å²) in [5.41, 5.74) is 1.74. The molecule has 1 N–H and O–H groups in total. The molecule has 2 aromatic carbocycles. The molecule has 0 fully saturated rings. The average molecular weight is 294 g/mol. The number of ketones is 1. The normalized spacial score (nSPS) is 11.3. The number of nitrogens with one attached hydrogen (secondary N) is 1. The molecule has 112 valence electrons. The predicted octanol–water partition coefficient (Wildman–Crippen LogP) is 3.64. The Morgan fingerprint density at radius 2 is 2.00 bits per heavy atom. The minimum Gasteiger partial charge on any atom is -0.489 e. The van der Waals surface area contributed by atoms with Crippen LogP contribution < -0.4 is 10.1 Å². The van der Waals surface area contributed by atoms with Crippen molar-refractivity contribution < 1.29 is 9.53 Å². The van der Waals surface area contributed by atoms with Crippen molar-refractivity contribution in [3.05, 3.63) is 59.7 Å². The van der Waals surface area contributed by atoms with Gasteiger partial charge in [0, 0.05) is 5.56 Å². The van der Waals surface area contributed by atoms with Gasteiger partial charge in [0.1, 0.15) is 17.9 Å². The van der Waals surface area contributed by atoms with Gasteiger partial charge in [0.2, 0.25) is 0 Å². The summed E-state index contributed by atoms with van der Waals surface area (Å²) in [7, 11) is 0. The van der Waals surface area contributed by atoms with Gasteiger partial charge in [-0.2, -0.15) is 5.26 Å². The number of ether oxygens (including phenoxy) is 1. The van der Waals surface area contributed by atoms with E-state index in [9.17, 15) is 4.79 Å². The number of nitriles is 1. The van der Waals surface area contributed by atoms with E-state index in [-0.39, 0.29) is 11.9 Å². The highest BCUT2D eigenvalue weighted by molar-refractivity contribution is 5.95. The van der Waals surface area contributed by atoms with Gasteiger partial charge in [-0.1, -0.05) is 18.2 Å². The molecule has 0 bridgehead atoms. The third-order valence-electron chi connectivity index (χ3n) is 3.21. The van der Waals surface area contributed by atoms with Crippen molar-refractivity contribution in [2.24, 2.45) is 0 Å². The highest BCUT2D eigenvalue weighted by Gasteiger charge is 2.09. The summed E-state index contributed by atoms with van der Waals surface area (Å²) in [6.07, 6.45) is -0.0741. The van der Waals surface area contributed by atoms with Crippen LogP contribution in [0, 0.1) is 11.3 Å². The Hall–Kier alpha value is -2.80. The lowest BCUT2D eigenvalue weighted by atomic mass is 10.1. The van der Waals surface area contributed by atoms with E-state index < -0.39 is 0 Å². The number of anilines is 1. The molecule has 0 saturated heterocycles. The van der Waals surface area contributed by atoms with Gasteiger partial charge < -0.3 is 10.1 Å². The first-order valence-corrected chi connectivity index (χ1v) is 7.11. The van der Waals surface area contributed by atoms with E-state index in [1.54, 1.807) is 18.2 Å². The minimum atomic E-state index is -0.0741. The van der Waals surface area contributed by atoms with Gasteiger partial charge in [-0.15, -0.1) is 0 Å². The third-order valence-corrected chi connectivity index (χ3v) is 3.21. The van der Waals surface area contributed by atoms with Crippen molar-refractivity contribution in [3.63, 3.8) is 0 Å². The Bertz CT molecular complexity index is 690. The monoisotopic (exact) mass is 294 g/mol. The summed E-state index contributed by atoms with van der Waals surface area (Å²) in [5, 5.41) is 12.3. The third kappa shape index (κ3) is 4.10. The van der Waals surface area contributed by atoms with Crippen molar-refractivity contribution in [2.75, 3.05) is 11.9 Å². The fourth-order valence-electron chi connectivity index (χ4n) is 2.03. The van der Waals surface area contributed by atoms with Gasteiger partial charge in [-0.05, 0) is 44.2 Å². The average Bonchev–Trinajstić information content (AvgIpc) is 2.53. The first-order chi connectivity index (χ1) is 10.6. The molecule has 0 amide bonds. The molecular formula is C18H18N2O2. The predicted molar refractivity (Wildman–Crippen MR) is 86.2 cm³/mol. The topological polar surface area (TPSA) is 62.1 Å². The van der Waals surface area contributed by atoms with Crippen LogP contribution in [0.4, 0.5) is 5.69 Å². The lowest BCUT2D eigenvalue weighted by Gasteiger charge is -2.17. The van der Waals surface area contributed by atoms with Gasteiger partial charge in [0.25, 0.3) is 0 Å². The molecule has 22 heavy (non-hydrogen) atoms. The SMILES string of the molecule is CC(=O)c1ccc(C#N)c(NCC(C)Oc2ccccc2)c1. The zero-order valence-corrected chi connectivity index (χ0v) is 12.7. The van der Waals surface area contributed by atoms with E-state index >= 15 is 0 Å². The number of rotatable bonds is 6. The van der Waals surface area contributed by atoms with Crippen LogP contribution in [-0.4, -0.2) is 18.4 Å². The molecule has 0 radical (unpaired) electrons. The van der Waals surface area contributed by atoms with Crippen LogP contribution in [0.15, 0.2) is 48.5 Å². The number of Topliss-reactive ketones (excluding diaryl/α,β-unsaturated/α-hetero) is 1. The van der Waals surface area contributed by atoms with Crippen LogP contribution in [0.25, 0.3) is 0 Å². The maximum Gasteiger partial charge on any atom is 0.159 e. The largest absolute Gasteiger partial charge is 0.489 e. The Morgan fingerprint density at radius 3 is 2.64 bits per heavy atom. The molecule has 0 aliphatic rings. The molecule has 1 atom stereocenters. The van der Waals surface area contributed by atoms with E-state index in [2.05, 4.69) is 11.4 Å². The lowest BCUT2D eigenvalue weighted by molar-refractivity contribution is 0.101. The fraction of sp³-hybridized carbons (Fsp3) is 0.222. The summed E-state index contributed by atoms with van der Waals surface area (Å²) in [4.78, 5) is 11.4. The first-order valence-electron chi connectivity index (χ1n) is 7.11. The number of carbonyl (C=O) groups excluding carboxylic acids is 1. The summed E-state index contributed by atoms with van der Waals surface area (Å²) in [6, 6.07) is 16.7. The molecule has 0 aliphatic carbocycles. The standard InChI is InChI=1S/C18H18N2O2/c1-13(22-17-6-4-3-5-7-17)12-20-18-10-15(14(2)21)8-9-16(18)11-19/h3-10,13,20H,12H2,1-2H3. The molecular weight excluding hydrogens is 276 g/mol. The summed E-state index contributed by atoms with van der Waals surface area (Å²) >= 11 is 0. The second-order valence-corrected chi connectivity index (χ2v) is 5.05. The lowest BCUT2D eigenvalue weighted by Crippen LogP contribution is -2.23. The van der Waals surface area contributed by atoms with Crippen molar-refractivity contribution in [1.29, 1.82) is 5.26 Å². The maximum absolute atomic E-state index is 11.4. The Balaban J connectivity index is 2.03. The van der Waals surface area contributed by atoms with E-state index in [1.807, 2.05) is 37.3 Å². The highest BCUT2D eigenvalue weighted by atomic mass is 16.5. The summed E-state index contributed by atoms with van der Waals surface area (Å²) in [5.74, 6) is 0.774. The second-order valence-electron chi connectivity index (χ2n) is 5.05. The van der Waals surface area contributed by atoms with E-state index in [4.69, 9.17) is 10.00 Å². The molecule has 4 heteroatoms. The van der Waals surface area contributed by atoms with Gasteiger partial charge in [0.05, 0.1) is 17.8 Å². The smallest absolute Gasteiger partial charge is 0.159 e. The van der Waals surface area contributed by atoms with E-state index in [0.29, 0.717) is 23.4 Å². The maximum atomic E-state index is 11.4. The Morgan fingerprint density at radius 1 is 1.27 bits per heavy atom. The Kier molecular flexibility index (Phi) is 5.16.